The summed E-state index contributed by atoms with van der Waals surface area (Å²) in [4.78, 5) is 28.9. The molecule has 1 atom stereocenters. The van der Waals surface area contributed by atoms with E-state index in [1.165, 1.54) is 53.3 Å². The van der Waals surface area contributed by atoms with Gasteiger partial charge in [-0.2, -0.15) is 0 Å². The Hall–Kier alpha value is -3.07. The SMILES string of the molecule is CCC(C(=O)NCC(C)C)N(Cc1ccc(OC)cc1)C(=O)CN(c1ccc(C23CC4CC(CC(C4)C2)C3)cc1)S(C)(=O)=O. The Morgan fingerprint density at radius 1 is 0.955 bits per heavy atom. The summed E-state index contributed by atoms with van der Waals surface area (Å²) in [6.45, 7) is 6.16. The topological polar surface area (TPSA) is 96.0 Å². The first-order valence-electron chi connectivity index (χ1n) is 16.2. The van der Waals surface area contributed by atoms with E-state index in [0.717, 1.165) is 29.6 Å². The van der Waals surface area contributed by atoms with Crippen LogP contribution in [0.15, 0.2) is 48.5 Å². The number of anilines is 1. The number of methoxy groups -OCH3 is 1. The molecule has 6 rings (SSSR count). The molecule has 0 saturated heterocycles. The van der Waals surface area contributed by atoms with Crippen molar-refractivity contribution in [2.45, 2.75) is 83.7 Å². The Kier molecular flexibility index (Phi) is 9.64. The van der Waals surface area contributed by atoms with Gasteiger partial charge in [-0.25, -0.2) is 8.42 Å². The summed E-state index contributed by atoms with van der Waals surface area (Å²) in [5.74, 6) is 2.71. The third-order valence-corrected chi connectivity index (χ3v) is 11.2. The highest BCUT2D eigenvalue weighted by atomic mass is 32.2. The predicted molar refractivity (Wildman–Crippen MR) is 174 cm³/mol. The van der Waals surface area contributed by atoms with Crippen molar-refractivity contribution in [2.24, 2.45) is 23.7 Å². The smallest absolute Gasteiger partial charge is 0.244 e. The van der Waals surface area contributed by atoms with E-state index in [1.54, 1.807) is 7.11 Å². The standard InChI is InChI=1S/C35H49N3O5S/c1-6-32(34(40)36-21-24(2)3)37(22-25-7-13-31(43-4)14-8-25)33(39)23-38(44(5,41)42)30-11-9-29(10-12-30)35-18-26-15-27(19-35)17-28(16-26)20-35/h7-14,24,26-28,32H,6,15-23H2,1-5H3,(H,36,40). The van der Waals surface area contributed by atoms with Gasteiger partial charge in [0.05, 0.1) is 19.1 Å². The molecule has 0 aromatic heterocycles. The minimum absolute atomic E-state index is 0.166. The lowest BCUT2D eigenvalue weighted by Gasteiger charge is -2.57. The lowest BCUT2D eigenvalue weighted by atomic mass is 9.48. The van der Waals surface area contributed by atoms with Gasteiger partial charge in [-0.1, -0.05) is 45.0 Å². The molecule has 4 saturated carbocycles. The second-order valence-corrected chi connectivity index (χ2v) is 15.9. The van der Waals surface area contributed by atoms with Crippen molar-refractivity contribution < 1.29 is 22.7 Å². The molecule has 9 heteroatoms. The number of rotatable bonds is 13. The van der Waals surface area contributed by atoms with E-state index < -0.39 is 22.0 Å². The van der Waals surface area contributed by atoms with Crippen molar-refractivity contribution in [3.05, 3.63) is 59.7 Å². The third kappa shape index (κ3) is 7.08. The highest BCUT2D eigenvalue weighted by Crippen LogP contribution is 2.60. The van der Waals surface area contributed by atoms with Crippen LogP contribution in [0.25, 0.3) is 0 Å². The van der Waals surface area contributed by atoms with Crippen LogP contribution < -0.4 is 14.4 Å². The zero-order valence-electron chi connectivity index (χ0n) is 26.9. The molecule has 4 fully saturated rings. The summed E-state index contributed by atoms with van der Waals surface area (Å²) in [6, 6.07) is 14.5. The second kappa shape index (κ2) is 13.1. The summed E-state index contributed by atoms with van der Waals surface area (Å²) in [5.41, 5.74) is 2.79. The van der Waals surface area contributed by atoms with Gasteiger partial charge in [-0.05, 0) is 109 Å². The van der Waals surface area contributed by atoms with Gasteiger partial charge in [-0.15, -0.1) is 0 Å². The van der Waals surface area contributed by atoms with Crippen LogP contribution in [-0.2, 0) is 31.6 Å². The Morgan fingerprint density at radius 2 is 1.52 bits per heavy atom. The first kappa shape index (κ1) is 32.3. The molecular weight excluding hydrogens is 574 g/mol. The molecule has 8 nitrogen and oxygen atoms in total. The maximum atomic E-state index is 14.1. The van der Waals surface area contributed by atoms with Gasteiger partial charge in [0.15, 0.2) is 0 Å². The van der Waals surface area contributed by atoms with E-state index in [-0.39, 0.29) is 30.3 Å². The predicted octanol–water partition coefficient (Wildman–Crippen LogP) is 5.51. The van der Waals surface area contributed by atoms with E-state index in [2.05, 4.69) is 17.4 Å². The van der Waals surface area contributed by atoms with Gasteiger partial charge in [0.25, 0.3) is 0 Å². The first-order valence-corrected chi connectivity index (χ1v) is 18.0. The van der Waals surface area contributed by atoms with Crippen LogP contribution in [0.4, 0.5) is 5.69 Å². The summed E-state index contributed by atoms with van der Waals surface area (Å²) >= 11 is 0. The van der Waals surface area contributed by atoms with E-state index in [1.807, 2.05) is 57.2 Å². The van der Waals surface area contributed by atoms with Gasteiger partial charge in [0, 0.05) is 13.1 Å². The summed E-state index contributed by atoms with van der Waals surface area (Å²) in [5, 5.41) is 2.96. The lowest BCUT2D eigenvalue weighted by molar-refractivity contribution is -0.140. The highest BCUT2D eigenvalue weighted by Gasteiger charge is 2.51. The van der Waals surface area contributed by atoms with Gasteiger partial charge < -0.3 is 15.0 Å². The largest absolute Gasteiger partial charge is 0.497 e. The van der Waals surface area contributed by atoms with Crippen molar-refractivity contribution in [2.75, 3.05) is 30.8 Å². The first-order chi connectivity index (χ1) is 20.9. The number of sulfonamides is 1. The maximum Gasteiger partial charge on any atom is 0.244 e. The molecule has 2 aromatic carbocycles. The number of hydrogen-bond donors (Lipinski definition) is 1. The quantitative estimate of drug-likeness (QED) is 0.318. The average Bonchev–Trinajstić information content (AvgIpc) is 2.97. The Balaban J connectivity index is 1.39. The van der Waals surface area contributed by atoms with Crippen molar-refractivity contribution in [1.29, 1.82) is 0 Å². The van der Waals surface area contributed by atoms with Crippen LogP contribution in [0.1, 0.15) is 76.8 Å². The molecule has 0 radical (unpaired) electrons. The van der Waals surface area contributed by atoms with E-state index >= 15 is 0 Å². The lowest BCUT2D eigenvalue weighted by Crippen LogP contribution is -2.52. The number of hydrogen-bond acceptors (Lipinski definition) is 5. The number of carbonyl (C=O) groups is 2. The monoisotopic (exact) mass is 623 g/mol. The van der Waals surface area contributed by atoms with Crippen LogP contribution in [0, 0.1) is 23.7 Å². The molecule has 4 aliphatic carbocycles. The zero-order valence-corrected chi connectivity index (χ0v) is 27.7. The van der Waals surface area contributed by atoms with Crippen LogP contribution >= 0.6 is 0 Å². The molecule has 0 aliphatic heterocycles. The Bertz CT molecular complexity index is 1390. The van der Waals surface area contributed by atoms with Crippen molar-refractivity contribution in [3.63, 3.8) is 0 Å². The molecule has 44 heavy (non-hydrogen) atoms. The van der Waals surface area contributed by atoms with E-state index in [0.29, 0.717) is 24.4 Å². The Labute approximate surface area is 263 Å². The number of nitrogens with zero attached hydrogens (tertiary/aromatic N) is 2. The Morgan fingerprint density at radius 3 is 2.00 bits per heavy atom. The summed E-state index contributed by atoms with van der Waals surface area (Å²) < 4.78 is 32.7. The molecule has 1 unspecified atom stereocenters. The molecular formula is C35H49N3O5S. The summed E-state index contributed by atoms with van der Waals surface area (Å²) in [7, 11) is -2.20. The van der Waals surface area contributed by atoms with Gasteiger partial charge in [0.2, 0.25) is 21.8 Å². The van der Waals surface area contributed by atoms with Crippen molar-refractivity contribution in [1.82, 2.24) is 10.2 Å². The fourth-order valence-electron chi connectivity index (χ4n) is 8.33. The minimum atomic E-state index is -3.79. The number of benzene rings is 2. The van der Waals surface area contributed by atoms with Gasteiger partial charge >= 0.3 is 0 Å². The van der Waals surface area contributed by atoms with Crippen molar-refractivity contribution in [3.8, 4) is 5.75 Å². The van der Waals surface area contributed by atoms with Gasteiger partial charge in [0.1, 0.15) is 18.3 Å². The van der Waals surface area contributed by atoms with Crippen LogP contribution in [0.5, 0.6) is 5.75 Å². The molecule has 2 aromatic rings. The normalized spacial score (nSPS) is 24.6. The number of nitrogens with one attached hydrogen (secondary N) is 1. The van der Waals surface area contributed by atoms with Crippen LogP contribution in [0.3, 0.4) is 0 Å². The van der Waals surface area contributed by atoms with E-state index in [4.69, 9.17) is 4.74 Å². The molecule has 1 N–H and O–H groups in total. The number of carbonyl (C=O) groups excluding carboxylic acids is 2. The fourth-order valence-corrected chi connectivity index (χ4v) is 9.18. The zero-order chi connectivity index (χ0) is 31.6. The van der Waals surface area contributed by atoms with Gasteiger partial charge in [-0.3, -0.25) is 13.9 Å². The maximum absolute atomic E-state index is 14.1. The fraction of sp³-hybridized carbons (Fsp3) is 0.600. The van der Waals surface area contributed by atoms with E-state index in [9.17, 15) is 18.0 Å². The number of ether oxygens (including phenoxy) is 1. The van der Waals surface area contributed by atoms with Crippen LogP contribution in [-0.4, -0.2) is 57.6 Å². The third-order valence-electron chi connectivity index (χ3n) is 10.1. The second-order valence-electron chi connectivity index (χ2n) is 13.9. The molecule has 0 spiro atoms. The average molecular weight is 624 g/mol. The molecule has 2 amide bonds. The number of amides is 2. The minimum Gasteiger partial charge on any atom is -0.497 e. The molecule has 240 valence electrons. The molecule has 4 aliphatic rings. The summed E-state index contributed by atoms with van der Waals surface area (Å²) in [6.07, 6.45) is 9.30. The molecule has 4 bridgehead atoms. The molecule has 0 heterocycles. The van der Waals surface area contributed by atoms with Crippen molar-refractivity contribution >= 4 is 27.5 Å². The highest BCUT2D eigenvalue weighted by molar-refractivity contribution is 7.92. The van der Waals surface area contributed by atoms with Crippen LogP contribution in [0.2, 0.25) is 0 Å².